The molecule has 0 unspecified atom stereocenters. The first kappa shape index (κ1) is 15.1. The first-order valence-corrected chi connectivity index (χ1v) is 7.96. The first-order chi connectivity index (χ1) is 12.3. The number of para-hydroxylation sites is 1. The number of hydrogen-bond donors (Lipinski definition) is 2. The average Bonchev–Trinajstić information content (AvgIpc) is 3.01. The molecule has 0 atom stereocenters. The van der Waals surface area contributed by atoms with Crippen LogP contribution in [-0.2, 0) is 0 Å². The molecule has 2 aromatic carbocycles. The third-order valence-electron chi connectivity index (χ3n) is 3.69. The Kier molecular flexibility index (Phi) is 3.96. The number of hydrazone groups is 1. The van der Waals surface area contributed by atoms with Gasteiger partial charge in [0, 0.05) is 10.9 Å². The van der Waals surface area contributed by atoms with Crippen molar-refractivity contribution in [3.05, 3.63) is 54.1 Å². The predicted molar refractivity (Wildman–Crippen MR) is 98.0 cm³/mol. The molecule has 25 heavy (non-hydrogen) atoms. The van der Waals surface area contributed by atoms with Gasteiger partial charge < -0.3 is 9.72 Å². The van der Waals surface area contributed by atoms with Gasteiger partial charge in [-0.25, -0.2) is 5.43 Å². The van der Waals surface area contributed by atoms with Gasteiger partial charge in [-0.3, -0.25) is 0 Å². The summed E-state index contributed by atoms with van der Waals surface area (Å²) in [5.41, 5.74) is 6.15. The van der Waals surface area contributed by atoms with Gasteiger partial charge >= 0.3 is 0 Å². The zero-order valence-corrected chi connectivity index (χ0v) is 13.6. The van der Waals surface area contributed by atoms with Crippen molar-refractivity contribution in [1.29, 1.82) is 0 Å². The predicted octanol–water partition coefficient (Wildman–Crippen LogP) is 3.35. The maximum Gasteiger partial charge on any atom is 0.265 e. The second-order valence-electron chi connectivity index (χ2n) is 5.38. The third kappa shape index (κ3) is 3.12. The lowest BCUT2D eigenvalue weighted by Gasteiger charge is -2.02. The fraction of sp³-hybridized carbons (Fsp3) is 0.111. The lowest BCUT2D eigenvalue weighted by molar-refractivity contribution is 0.340. The quantitative estimate of drug-likeness (QED) is 0.432. The Balaban J connectivity index is 1.51. The highest BCUT2D eigenvalue weighted by molar-refractivity contribution is 6.03. The van der Waals surface area contributed by atoms with E-state index in [-0.39, 0.29) is 0 Å². The molecule has 0 aliphatic heterocycles. The zero-order valence-electron chi connectivity index (χ0n) is 13.6. The molecule has 0 fully saturated rings. The molecule has 2 heterocycles. The number of anilines is 1. The van der Waals surface area contributed by atoms with Crippen LogP contribution >= 0.6 is 0 Å². The molecule has 7 heteroatoms. The van der Waals surface area contributed by atoms with E-state index in [0.717, 1.165) is 27.7 Å². The molecule has 0 amide bonds. The zero-order chi connectivity index (χ0) is 17.1. The third-order valence-corrected chi connectivity index (χ3v) is 3.69. The summed E-state index contributed by atoms with van der Waals surface area (Å²) in [4.78, 5) is 7.63. The minimum atomic E-state index is 0.334. The number of H-pyrrole nitrogens is 1. The normalized spacial score (nSPS) is 11.4. The Morgan fingerprint density at radius 1 is 1.12 bits per heavy atom. The van der Waals surface area contributed by atoms with Gasteiger partial charge in [0.25, 0.3) is 5.95 Å². The second kappa shape index (κ2) is 6.56. The van der Waals surface area contributed by atoms with Crippen molar-refractivity contribution in [2.75, 3.05) is 12.0 Å². The van der Waals surface area contributed by atoms with E-state index in [1.807, 2.05) is 55.5 Å². The molecule has 124 valence electrons. The molecule has 0 aliphatic carbocycles. The van der Waals surface area contributed by atoms with E-state index in [9.17, 15) is 0 Å². The molecule has 7 nitrogen and oxygen atoms in total. The number of benzene rings is 2. The molecule has 0 saturated carbocycles. The van der Waals surface area contributed by atoms with Gasteiger partial charge in [0.1, 0.15) is 11.3 Å². The van der Waals surface area contributed by atoms with E-state index in [1.165, 1.54) is 0 Å². The van der Waals surface area contributed by atoms with Crippen molar-refractivity contribution in [3.8, 4) is 5.75 Å². The van der Waals surface area contributed by atoms with Crippen molar-refractivity contribution < 1.29 is 4.74 Å². The van der Waals surface area contributed by atoms with E-state index in [1.54, 1.807) is 6.21 Å². The Morgan fingerprint density at radius 3 is 2.80 bits per heavy atom. The smallest absolute Gasteiger partial charge is 0.265 e. The molecule has 0 saturated heterocycles. The van der Waals surface area contributed by atoms with E-state index < -0.39 is 0 Å². The van der Waals surface area contributed by atoms with Gasteiger partial charge in [-0.1, -0.05) is 18.2 Å². The van der Waals surface area contributed by atoms with Crippen molar-refractivity contribution in [1.82, 2.24) is 20.2 Å². The molecular weight excluding hydrogens is 316 g/mol. The highest BCUT2D eigenvalue weighted by atomic mass is 16.5. The van der Waals surface area contributed by atoms with Crippen LogP contribution in [0.5, 0.6) is 5.75 Å². The number of aromatic amines is 1. The monoisotopic (exact) mass is 332 g/mol. The molecular formula is C18H16N6O. The van der Waals surface area contributed by atoms with E-state index in [4.69, 9.17) is 4.74 Å². The Morgan fingerprint density at radius 2 is 1.96 bits per heavy atom. The lowest BCUT2D eigenvalue weighted by Crippen LogP contribution is -1.99. The van der Waals surface area contributed by atoms with Crippen LogP contribution < -0.4 is 10.2 Å². The van der Waals surface area contributed by atoms with Crippen molar-refractivity contribution >= 4 is 34.2 Å². The summed E-state index contributed by atoms with van der Waals surface area (Å²) >= 11 is 0. The Hall–Kier alpha value is -3.48. The first-order valence-electron chi connectivity index (χ1n) is 7.96. The second-order valence-corrected chi connectivity index (χ2v) is 5.38. The molecule has 4 aromatic rings. The number of hydrogen-bond acceptors (Lipinski definition) is 6. The fourth-order valence-corrected chi connectivity index (χ4v) is 2.55. The SMILES string of the molecule is CCOc1ccc(C=NNc2nnc3c(n2)[nH]c2ccccc23)cc1. The van der Waals surface area contributed by atoms with Gasteiger partial charge in [0.2, 0.25) is 0 Å². The molecule has 0 bridgehead atoms. The number of nitrogens with zero attached hydrogens (tertiary/aromatic N) is 4. The molecule has 2 aromatic heterocycles. The summed E-state index contributed by atoms with van der Waals surface area (Å²) < 4.78 is 5.41. The van der Waals surface area contributed by atoms with Crippen LogP contribution in [0.1, 0.15) is 12.5 Å². The molecule has 4 rings (SSSR count). The van der Waals surface area contributed by atoms with Crippen LogP contribution in [0.15, 0.2) is 53.6 Å². The Bertz CT molecular complexity index is 1040. The van der Waals surface area contributed by atoms with Crippen LogP contribution in [0, 0.1) is 0 Å². The number of fused-ring (bicyclic) bond motifs is 3. The Labute approximate surface area is 143 Å². The van der Waals surface area contributed by atoms with Gasteiger partial charge in [0.05, 0.1) is 12.8 Å². The van der Waals surface area contributed by atoms with Crippen LogP contribution in [0.4, 0.5) is 5.95 Å². The largest absolute Gasteiger partial charge is 0.494 e. The van der Waals surface area contributed by atoms with Crippen LogP contribution in [0.2, 0.25) is 0 Å². The van der Waals surface area contributed by atoms with E-state index >= 15 is 0 Å². The summed E-state index contributed by atoms with van der Waals surface area (Å²) in [6.45, 7) is 2.60. The maximum absolute atomic E-state index is 5.41. The lowest BCUT2D eigenvalue weighted by atomic mass is 10.2. The average molecular weight is 332 g/mol. The number of rotatable bonds is 5. The summed E-state index contributed by atoms with van der Waals surface area (Å²) in [6, 6.07) is 15.6. The summed E-state index contributed by atoms with van der Waals surface area (Å²) in [5, 5.41) is 13.5. The van der Waals surface area contributed by atoms with Crippen molar-refractivity contribution in [2.24, 2.45) is 5.10 Å². The number of aromatic nitrogens is 4. The van der Waals surface area contributed by atoms with E-state index in [0.29, 0.717) is 18.2 Å². The van der Waals surface area contributed by atoms with Gasteiger partial charge in [-0.15, -0.1) is 10.2 Å². The fourth-order valence-electron chi connectivity index (χ4n) is 2.55. The maximum atomic E-state index is 5.41. The summed E-state index contributed by atoms with van der Waals surface area (Å²) in [7, 11) is 0. The topological polar surface area (TPSA) is 88.1 Å². The minimum Gasteiger partial charge on any atom is -0.494 e. The van der Waals surface area contributed by atoms with Crippen LogP contribution in [-0.4, -0.2) is 33.0 Å². The highest BCUT2D eigenvalue weighted by Crippen LogP contribution is 2.21. The highest BCUT2D eigenvalue weighted by Gasteiger charge is 2.07. The molecule has 2 N–H and O–H groups in total. The van der Waals surface area contributed by atoms with Crippen molar-refractivity contribution in [3.63, 3.8) is 0 Å². The molecule has 0 spiro atoms. The van der Waals surface area contributed by atoms with E-state index in [2.05, 4.69) is 30.7 Å². The summed E-state index contributed by atoms with van der Waals surface area (Å²) in [6.07, 6.45) is 1.69. The number of nitrogens with one attached hydrogen (secondary N) is 2. The van der Waals surface area contributed by atoms with Crippen LogP contribution in [0.25, 0.3) is 22.1 Å². The van der Waals surface area contributed by atoms with Gasteiger partial charge in [-0.05, 0) is 42.8 Å². The van der Waals surface area contributed by atoms with Crippen molar-refractivity contribution in [2.45, 2.75) is 6.92 Å². The summed E-state index contributed by atoms with van der Waals surface area (Å²) in [5.74, 6) is 1.17. The van der Waals surface area contributed by atoms with Crippen LogP contribution in [0.3, 0.4) is 0 Å². The van der Waals surface area contributed by atoms with Gasteiger partial charge in [-0.2, -0.15) is 10.1 Å². The molecule has 0 radical (unpaired) electrons. The molecule has 0 aliphatic rings. The van der Waals surface area contributed by atoms with Gasteiger partial charge in [0.15, 0.2) is 5.65 Å². The number of ether oxygens (including phenoxy) is 1. The minimum absolute atomic E-state index is 0.334. The standard InChI is InChI=1S/C18H16N6O/c1-2-25-13-9-7-12(8-10-13)11-19-23-18-21-17-16(22-24-18)14-5-3-4-6-15(14)20-17/h3-11H,2H2,1H3,(H2,20,21,23,24).